The number of hydrogen-bond donors (Lipinski definition) is 0. The quantitative estimate of drug-likeness (QED) is 0.626. The predicted molar refractivity (Wildman–Crippen MR) is 94.5 cm³/mol. The molecule has 2 bridgehead atoms. The van der Waals surface area contributed by atoms with Crippen LogP contribution in [0.1, 0.15) is 59.8 Å². The summed E-state index contributed by atoms with van der Waals surface area (Å²) in [5.41, 5.74) is -0.484. The van der Waals surface area contributed by atoms with Gasteiger partial charge in [0.05, 0.1) is 19.8 Å². The summed E-state index contributed by atoms with van der Waals surface area (Å²) in [6.45, 7) is 9.83. The van der Waals surface area contributed by atoms with Crippen LogP contribution in [-0.2, 0) is 19.0 Å². The monoisotopic (exact) mass is 355 g/mol. The maximum Gasteiger partial charge on any atom is 0.410 e. The van der Waals surface area contributed by atoms with E-state index in [9.17, 15) is 9.59 Å². The maximum atomic E-state index is 12.5. The van der Waals surface area contributed by atoms with Gasteiger partial charge in [0, 0.05) is 31.0 Å². The fraction of sp³-hybridized carbons (Fsp3) is 0.895. The van der Waals surface area contributed by atoms with Gasteiger partial charge in [0.2, 0.25) is 0 Å². The fourth-order valence-electron chi connectivity index (χ4n) is 3.79. The lowest BCUT2D eigenvalue weighted by molar-refractivity contribution is -0.126. The van der Waals surface area contributed by atoms with Crippen molar-refractivity contribution in [3.63, 3.8) is 0 Å². The molecule has 2 unspecified atom stereocenters. The maximum absolute atomic E-state index is 12.5. The minimum absolute atomic E-state index is 0.0479. The van der Waals surface area contributed by atoms with Crippen molar-refractivity contribution in [2.24, 2.45) is 5.92 Å². The minimum atomic E-state index is -0.484. The highest BCUT2D eigenvalue weighted by molar-refractivity contribution is 5.82. The molecule has 25 heavy (non-hydrogen) atoms. The predicted octanol–water partition coefficient (Wildman–Crippen LogP) is 3.18. The van der Waals surface area contributed by atoms with Gasteiger partial charge in [-0.05, 0) is 53.4 Å². The normalized spacial score (nSPS) is 25.9. The topological polar surface area (TPSA) is 65.1 Å². The Morgan fingerprint density at radius 3 is 2.16 bits per heavy atom. The number of ketones is 1. The molecule has 0 N–H and O–H groups in total. The van der Waals surface area contributed by atoms with E-state index in [0.717, 1.165) is 25.7 Å². The van der Waals surface area contributed by atoms with Gasteiger partial charge in [-0.15, -0.1) is 0 Å². The van der Waals surface area contributed by atoms with Crippen LogP contribution in [0, 0.1) is 5.92 Å². The number of carbonyl (C=O) groups excluding carboxylic acids is 2. The molecule has 2 saturated heterocycles. The Kier molecular flexibility index (Phi) is 7.25. The van der Waals surface area contributed by atoms with Gasteiger partial charge in [0.25, 0.3) is 0 Å². The minimum Gasteiger partial charge on any atom is -0.444 e. The third-order valence-corrected chi connectivity index (χ3v) is 4.86. The van der Waals surface area contributed by atoms with Crippen molar-refractivity contribution in [2.75, 3.05) is 26.4 Å². The van der Waals surface area contributed by atoms with E-state index in [2.05, 4.69) is 0 Å². The number of carbonyl (C=O) groups is 2. The highest BCUT2D eigenvalue weighted by Gasteiger charge is 2.46. The van der Waals surface area contributed by atoms with Crippen molar-refractivity contribution in [1.82, 2.24) is 4.90 Å². The second kappa shape index (κ2) is 8.99. The molecule has 2 aliphatic heterocycles. The Morgan fingerprint density at radius 1 is 1.00 bits per heavy atom. The lowest BCUT2D eigenvalue weighted by atomic mass is 9.86. The van der Waals surface area contributed by atoms with Gasteiger partial charge in [-0.25, -0.2) is 4.79 Å². The molecule has 2 aliphatic rings. The molecule has 2 rings (SSSR count). The molecule has 2 atom stereocenters. The molecule has 0 aliphatic carbocycles. The summed E-state index contributed by atoms with van der Waals surface area (Å²) in [4.78, 5) is 26.8. The first-order valence-electron chi connectivity index (χ1n) is 9.51. The van der Waals surface area contributed by atoms with Gasteiger partial charge < -0.3 is 19.1 Å². The van der Waals surface area contributed by atoms with Crippen molar-refractivity contribution in [3.05, 3.63) is 0 Å². The summed E-state index contributed by atoms with van der Waals surface area (Å²) in [6, 6.07) is 0.280. The molecule has 1 amide bonds. The SMILES string of the molecule is CCOCCOCCC(=O)C1CC2CCC(C1)N2C(=O)OC(C)(C)C. The number of nitrogens with zero attached hydrogens (tertiary/aromatic N) is 1. The fourth-order valence-corrected chi connectivity index (χ4v) is 3.79. The van der Waals surface area contributed by atoms with Crippen LogP contribution < -0.4 is 0 Å². The molecule has 0 aromatic rings. The first-order chi connectivity index (χ1) is 11.8. The van der Waals surface area contributed by atoms with Crippen LogP contribution in [0.15, 0.2) is 0 Å². The molecule has 0 spiro atoms. The highest BCUT2D eigenvalue weighted by atomic mass is 16.6. The first-order valence-corrected chi connectivity index (χ1v) is 9.51. The molecule has 2 fully saturated rings. The van der Waals surface area contributed by atoms with Gasteiger partial charge in [-0.1, -0.05) is 0 Å². The zero-order valence-corrected chi connectivity index (χ0v) is 16.1. The molecular formula is C19H33NO5. The number of amides is 1. The lowest BCUT2D eigenvalue weighted by Crippen LogP contribution is -2.49. The smallest absolute Gasteiger partial charge is 0.410 e. The van der Waals surface area contributed by atoms with Crippen LogP contribution >= 0.6 is 0 Å². The van der Waals surface area contributed by atoms with E-state index >= 15 is 0 Å². The number of Topliss-reactive ketones (excluding diaryl/α,β-unsaturated/α-hetero) is 1. The van der Waals surface area contributed by atoms with Crippen molar-refractivity contribution < 1.29 is 23.8 Å². The molecule has 2 heterocycles. The number of hydrogen-bond acceptors (Lipinski definition) is 5. The molecule has 0 aromatic carbocycles. The Hall–Kier alpha value is -1.14. The van der Waals surface area contributed by atoms with Crippen LogP contribution in [0.25, 0.3) is 0 Å². The van der Waals surface area contributed by atoms with Gasteiger partial charge in [-0.3, -0.25) is 4.79 Å². The molecule has 0 saturated carbocycles. The van der Waals surface area contributed by atoms with Gasteiger partial charge in [0.1, 0.15) is 11.4 Å². The zero-order valence-electron chi connectivity index (χ0n) is 16.1. The summed E-state index contributed by atoms with van der Waals surface area (Å²) in [5, 5.41) is 0. The summed E-state index contributed by atoms with van der Waals surface area (Å²) in [5.74, 6) is 0.309. The van der Waals surface area contributed by atoms with E-state index in [4.69, 9.17) is 14.2 Å². The van der Waals surface area contributed by atoms with Crippen molar-refractivity contribution in [3.8, 4) is 0 Å². The van der Waals surface area contributed by atoms with E-state index in [1.165, 1.54) is 0 Å². The third-order valence-electron chi connectivity index (χ3n) is 4.86. The standard InChI is InChI=1S/C19H33NO5/c1-5-23-10-11-24-9-8-17(21)14-12-15-6-7-16(13-14)20(15)18(22)25-19(2,3)4/h14-16H,5-13H2,1-4H3. The van der Waals surface area contributed by atoms with Crippen LogP contribution in [0.2, 0.25) is 0 Å². The van der Waals surface area contributed by atoms with Crippen LogP contribution in [0.4, 0.5) is 4.79 Å². The van der Waals surface area contributed by atoms with E-state index in [-0.39, 0.29) is 29.9 Å². The Bertz CT molecular complexity index is 445. The van der Waals surface area contributed by atoms with Crippen LogP contribution in [-0.4, -0.2) is 60.9 Å². The lowest BCUT2D eigenvalue weighted by Gasteiger charge is -2.39. The van der Waals surface area contributed by atoms with Crippen LogP contribution in [0.3, 0.4) is 0 Å². The first kappa shape index (κ1) is 20.2. The number of fused-ring (bicyclic) bond motifs is 2. The van der Waals surface area contributed by atoms with E-state index in [1.54, 1.807) is 0 Å². The van der Waals surface area contributed by atoms with Crippen molar-refractivity contribution in [1.29, 1.82) is 0 Å². The Labute approximate surface area is 151 Å². The summed E-state index contributed by atoms with van der Waals surface area (Å²) < 4.78 is 16.2. The number of ether oxygens (including phenoxy) is 3. The van der Waals surface area contributed by atoms with Gasteiger partial charge >= 0.3 is 6.09 Å². The average molecular weight is 355 g/mol. The summed E-state index contributed by atoms with van der Waals surface area (Å²) in [7, 11) is 0. The second-order valence-electron chi connectivity index (χ2n) is 7.97. The second-order valence-corrected chi connectivity index (χ2v) is 7.97. The largest absolute Gasteiger partial charge is 0.444 e. The van der Waals surface area contributed by atoms with Crippen molar-refractivity contribution >= 4 is 11.9 Å². The molecule has 6 heteroatoms. The third kappa shape index (κ3) is 5.96. The molecule has 6 nitrogen and oxygen atoms in total. The molecule has 0 radical (unpaired) electrons. The van der Waals surface area contributed by atoms with Gasteiger partial charge in [0.15, 0.2) is 0 Å². The highest BCUT2D eigenvalue weighted by Crippen LogP contribution is 2.40. The van der Waals surface area contributed by atoms with E-state index < -0.39 is 5.60 Å². The summed E-state index contributed by atoms with van der Waals surface area (Å²) in [6.07, 6.45) is 3.67. The van der Waals surface area contributed by atoms with Crippen molar-refractivity contribution in [2.45, 2.75) is 77.5 Å². The van der Waals surface area contributed by atoms with E-state index in [1.807, 2.05) is 32.6 Å². The Balaban J connectivity index is 1.77. The summed E-state index contributed by atoms with van der Waals surface area (Å²) >= 11 is 0. The number of rotatable bonds is 8. The Morgan fingerprint density at radius 2 is 1.60 bits per heavy atom. The molecule has 144 valence electrons. The van der Waals surface area contributed by atoms with E-state index in [0.29, 0.717) is 32.8 Å². The van der Waals surface area contributed by atoms with Crippen LogP contribution in [0.5, 0.6) is 0 Å². The molecule has 0 aromatic heterocycles. The number of piperidine rings is 1. The molecular weight excluding hydrogens is 322 g/mol. The van der Waals surface area contributed by atoms with Gasteiger partial charge in [-0.2, -0.15) is 0 Å². The average Bonchev–Trinajstić information content (AvgIpc) is 2.79. The zero-order chi connectivity index (χ0) is 18.4.